The molecule has 108 valence electrons. The maximum Gasteiger partial charge on any atom is 0.199 e. The Balaban J connectivity index is 1.83. The first kappa shape index (κ1) is 13.2. The predicted octanol–water partition coefficient (Wildman–Crippen LogP) is 0.735. The van der Waals surface area contributed by atoms with Crippen LogP contribution in [0.25, 0.3) is 5.65 Å². The summed E-state index contributed by atoms with van der Waals surface area (Å²) in [7, 11) is 0. The molecule has 7 heteroatoms. The van der Waals surface area contributed by atoms with E-state index < -0.39 is 0 Å². The van der Waals surface area contributed by atoms with Crippen molar-refractivity contribution in [2.75, 3.05) is 31.1 Å². The Bertz CT molecular complexity index is 546. The van der Waals surface area contributed by atoms with E-state index in [-0.39, 0.29) is 0 Å². The molecule has 1 unspecified atom stereocenters. The Hall–Kier alpha value is -1.76. The molecule has 2 aromatic rings. The molecule has 1 saturated heterocycles. The third-order valence-corrected chi connectivity index (χ3v) is 3.79. The van der Waals surface area contributed by atoms with Crippen molar-refractivity contribution in [2.45, 2.75) is 26.2 Å². The van der Waals surface area contributed by atoms with Gasteiger partial charge < -0.3 is 10.2 Å². The largest absolute Gasteiger partial charge is 0.355 e. The molecule has 0 saturated carbocycles. The molecule has 1 aliphatic rings. The summed E-state index contributed by atoms with van der Waals surface area (Å²) in [5.74, 6) is 1.67. The Morgan fingerprint density at radius 2 is 2.40 bits per heavy atom. The van der Waals surface area contributed by atoms with Gasteiger partial charge in [0, 0.05) is 13.1 Å². The number of hydrogen-bond acceptors (Lipinski definition) is 6. The zero-order chi connectivity index (χ0) is 13.8. The number of hydrogen-bond donors (Lipinski definition) is 1. The molecule has 0 radical (unpaired) electrons. The van der Waals surface area contributed by atoms with Gasteiger partial charge in [0.05, 0.1) is 12.4 Å². The molecular formula is C13H21N7. The van der Waals surface area contributed by atoms with E-state index in [1.165, 1.54) is 12.8 Å². The van der Waals surface area contributed by atoms with Crippen molar-refractivity contribution in [3.05, 3.63) is 12.4 Å². The number of tetrazole rings is 1. The van der Waals surface area contributed by atoms with E-state index in [0.29, 0.717) is 11.6 Å². The summed E-state index contributed by atoms with van der Waals surface area (Å²) in [4.78, 5) is 6.62. The van der Waals surface area contributed by atoms with Crippen molar-refractivity contribution in [3.63, 3.8) is 0 Å². The van der Waals surface area contributed by atoms with Crippen LogP contribution in [0, 0.1) is 5.92 Å². The molecule has 0 amide bonds. The molecule has 0 bridgehead atoms. The lowest BCUT2D eigenvalue weighted by Gasteiger charge is -2.31. The molecule has 0 spiro atoms. The molecule has 1 aliphatic heterocycles. The molecule has 0 aromatic carbocycles. The minimum absolute atomic E-state index is 0.682. The molecule has 20 heavy (non-hydrogen) atoms. The van der Waals surface area contributed by atoms with E-state index in [9.17, 15) is 0 Å². The minimum Gasteiger partial charge on any atom is -0.355 e. The summed E-state index contributed by atoms with van der Waals surface area (Å²) in [6.45, 7) is 6.46. The van der Waals surface area contributed by atoms with Crippen LogP contribution in [-0.2, 0) is 0 Å². The molecule has 3 rings (SSSR count). The average molecular weight is 275 g/mol. The van der Waals surface area contributed by atoms with Crippen LogP contribution in [0.5, 0.6) is 0 Å². The van der Waals surface area contributed by atoms with Gasteiger partial charge in [-0.3, -0.25) is 4.98 Å². The molecular weight excluding hydrogens is 254 g/mol. The second kappa shape index (κ2) is 6.13. The van der Waals surface area contributed by atoms with E-state index in [1.54, 1.807) is 10.7 Å². The predicted molar refractivity (Wildman–Crippen MR) is 76.7 cm³/mol. The molecule has 0 aliphatic carbocycles. The van der Waals surface area contributed by atoms with Crippen molar-refractivity contribution in [3.8, 4) is 0 Å². The Morgan fingerprint density at radius 3 is 3.20 bits per heavy atom. The first-order valence-electron chi connectivity index (χ1n) is 7.36. The van der Waals surface area contributed by atoms with Crippen molar-refractivity contribution >= 4 is 11.5 Å². The molecule has 1 fully saturated rings. The van der Waals surface area contributed by atoms with Gasteiger partial charge in [0.1, 0.15) is 0 Å². The zero-order valence-corrected chi connectivity index (χ0v) is 11.9. The zero-order valence-electron chi connectivity index (χ0n) is 11.9. The van der Waals surface area contributed by atoms with E-state index in [2.05, 4.69) is 37.6 Å². The third-order valence-electron chi connectivity index (χ3n) is 3.79. The van der Waals surface area contributed by atoms with Gasteiger partial charge in [0.15, 0.2) is 11.5 Å². The summed E-state index contributed by atoms with van der Waals surface area (Å²) in [6, 6.07) is 0. The van der Waals surface area contributed by atoms with Crippen LogP contribution >= 0.6 is 0 Å². The number of rotatable bonds is 5. The van der Waals surface area contributed by atoms with Gasteiger partial charge in [-0.25, -0.2) is 0 Å². The van der Waals surface area contributed by atoms with E-state index in [4.69, 9.17) is 0 Å². The first-order valence-corrected chi connectivity index (χ1v) is 7.36. The van der Waals surface area contributed by atoms with Gasteiger partial charge in [-0.1, -0.05) is 6.92 Å². The standard InChI is InChI=1S/C13H21N7/c1-2-6-19(10-11-4-3-5-14-7-11)13-9-15-8-12-16-17-18-20(12)13/h8-9,11,14H,2-7,10H2,1H3. The van der Waals surface area contributed by atoms with Gasteiger partial charge in [0.25, 0.3) is 0 Å². The fourth-order valence-electron chi connectivity index (χ4n) is 2.84. The van der Waals surface area contributed by atoms with Crippen LogP contribution in [0.15, 0.2) is 12.4 Å². The molecule has 3 heterocycles. The van der Waals surface area contributed by atoms with Crippen molar-refractivity contribution in [1.82, 2.24) is 30.3 Å². The van der Waals surface area contributed by atoms with Gasteiger partial charge in [-0.2, -0.15) is 4.52 Å². The van der Waals surface area contributed by atoms with Crippen LogP contribution in [0.3, 0.4) is 0 Å². The Labute approximate surface area is 118 Å². The van der Waals surface area contributed by atoms with Crippen LogP contribution in [0.4, 0.5) is 5.82 Å². The number of fused-ring (bicyclic) bond motifs is 1. The number of anilines is 1. The normalized spacial score (nSPS) is 19.4. The summed E-state index contributed by atoms with van der Waals surface area (Å²) in [5, 5.41) is 15.3. The lowest BCUT2D eigenvalue weighted by molar-refractivity contribution is 0.375. The second-order valence-corrected chi connectivity index (χ2v) is 5.37. The van der Waals surface area contributed by atoms with Gasteiger partial charge in [0.2, 0.25) is 0 Å². The summed E-state index contributed by atoms with van der Waals surface area (Å²) in [5.41, 5.74) is 0.699. The first-order chi connectivity index (χ1) is 9.88. The molecule has 7 nitrogen and oxygen atoms in total. The van der Waals surface area contributed by atoms with Crippen molar-refractivity contribution < 1.29 is 0 Å². The van der Waals surface area contributed by atoms with Crippen LogP contribution in [-0.4, -0.2) is 51.2 Å². The number of piperidine rings is 1. The smallest absolute Gasteiger partial charge is 0.199 e. The highest BCUT2D eigenvalue weighted by Gasteiger charge is 2.19. The second-order valence-electron chi connectivity index (χ2n) is 5.37. The number of nitrogens with one attached hydrogen (secondary N) is 1. The minimum atomic E-state index is 0.682. The monoisotopic (exact) mass is 275 g/mol. The molecule has 1 atom stereocenters. The van der Waals surface area contributed by atoms with Crippen molar-refractivity contribution in [1.29, 1.82) is 0 Å². The Morgan fingerprint density at radius 1 is 1.45 bits per heavy atom. The lowest BCUT2D eigenvalue weighted by atomic mass is 9.99. The maximum atomic E-state index is 4.26. The Kier molecular flexibility index (Phi) is 4.05. The maximum absolute atomic E-state index is 4.26. The number of aromatic nitrogens is 5. The summed E-state index contributed by atoms with van der Waals surface area (Å²) < 4.78 is 1.78. The molecule has 1 N–H and O–H groups in total. The lowest BCUT2D eigenvalue weighted by Crippen LogP contribution is -2.39. The van der Waals surface area contributed by atoms with Gasteiger partial charge in [-0.05, 0) is 48.7 Å². The van der Waals surface area contributed by atoms with Crippen LogP contribution < -0.4 is 10.2 Å². The average Bonchev–Trinajstić information content (AvgIpc) is 2.96. The highest BCUT2D eigenvalue weighted by molar-refractivity contribution is 5.45. The van der Waals surface area contributed by atoms with Crippen LogP contribution in [0.1, 0.15) is 26.2 Å². The topological polar surface area (TPSA) is 71.2 Å². The molecule has 2 aromatic heterocycles. The summed E-state index contributed by atoms with van der Waals surface area (Å²) >= 11 is 0. The highest BCUT2D eigenvalue weighted by Crippen LogP contribution is 2.18. The van der Waals surface area contributed by atoms with E-state index >= 15 is 0 Å². The SMILES string of the molecule is CCCN(CC1CCCNC1)c1cncc2nnnn12. The van der Waals surface area contributed by atoms with Gasteiger partial charge in [-0.15, -0.1) is 5.10 Å². The fraction of sp³-hybridized carbons (Fsp3) is 0.692. The van der Waals surface area contributed by atoms with E-state index in [1.807, 2.05) is 6.20 Å². The third kappa shape index (κ3) is 2.72. The highest BCUT2D eigenvalue weighted by atomic mass is 15.5. The fourth-order valence-corrected chi connectivity index (χ4v) is 2.84. The summed E-state index contributed by atoms with van der Waals surface area (Å²) in [6.07, 6.45) is 7.19. The quantitative estimate of drug-likeness (QED) is 0.867. The van der Waals surface area contributed by atoms with Gasteiger partial charge >= 0.3 is 0 Å². The van der Waals surface area contributed by atoms with Crippen LogP contribution in [0.2, 0.25) is 0 Å². The van der Waals surface area contributed by atoms with Crippen molar-refractivity contribution in [2.24, 2.45) is 5.92 Å². The van der Waals surface area contributed by atoms with E-state index in [0.717, 1.165) is 38.4 Å². The number of nitrogens with zero attached hydrogens (tertiary/aromatic N) is 6.